The van der Waals surface area contributed by atoms with Crippen molar-refractivity contribution in [2.45, 2.75) is 20.4 Å². The lowest BCUT2D eigenvalue weighted by atomic mass is 10.1. The number of rotatable bonds is 5. The summed E-state index contributed by atoms with van der Waals surface area (Å²) in [6, 6.07) is 9.99. The average molecular weight is 332 g/mol. The van der Waals surface area contributed by atoms with Gasteiger partial charge < -0.3 is 10.6 Å². The van der Waals surface area contributed by atoms with Crippen molar-refractivity contribution in [2.24, 2.45) is 5.92 Å². The van der Waals surface area contributed by atoms with Gasteiger partial charge >= 0.3 is 0 Å². The van der Waals surface area contributed by atoms with Crippen molar-refractivity contribution in [1.82, 2.24) is 5.32 Å². The van der Waals surface area contributed by atoms with Gasteiger partial charge in [-0.3, -0.25) is 9.59 Å². The van der Waals surface area contributed by atoms with Gasteiger partial charge in [-0.15, -0.1) is 0 Å². The Kier molecular flexibility index (Phi) is 5.63. The van der Waals surface area contributed by atoms with Crippen LogP contribution >= 0.6 is 0 Å². The van der Waals surface area contributed by atoms with E-state index in [2.05, 4.69) is 10.6 Å². The van der Waals surface area contributed by atoms with E-state index in [0.29, 0.717) is 5.69 Å². The number of halogens is 2. The van der Waals surface area contributed by atoms with Crippen LogP contribution in [0, 0.1) is 17.6 Å². The molecule has 0 aliphatic carbocycles. The van der Waals surface area contributed by atoms with Crippen molar-refractivity contribution in [2.75, 3.05) is 5.32 Å². The van der Waals surface area contributed by atoms with E-state index in [0.717, 1.165) is 17.7 Å². The van der Waals surface area contributed by atoms with Crippen LogP contribution in [-0.4, -0.2) is 11.8 Å². The molecule has 0 aromatic heterocycles. The lowest BCUT2D eigenvalue weighted by Crippen LogP contribution is -2.23. The van der Waals surface area contributed by atoms with E-state index in [1.807, 2.05) is 0 Å². The van der Waals surface area contributed by atoms with Gasteiger partial charge in [-0.05, 0) is 35.9 Å². The highest BCUT2D eigenvalue weighted by Crippen LogP contribution is 2.12. The predicted molar refractivity (Wildman–Crippen MR) is 87.4 cm³/mol. The lowest BCUT2D eigenvalue weighted by Gasteiger charge is -2.09. The van der Waals surface area contributed by atoms with Crippen LogP contribution in [-0.2, 0) is 11.3 Å². The van der Waals surface area contributed by atoms with Crippen LogP contribution in [0.25, 0.3) is 0 Å². The van der Waals surface area contributed by atoms with Crippen molar-refractivity contribution in [3.8, 4) is 0 Å². The number of hydrogen-bond donors (Lipinski definition) is 2. The molecule has 2 rings (SSSR count). The van der Waals surface area contributed by atoms with E-state index in [-0.39, 0.29) is 23.9 Å². The second-order valence-electron chi connectivity index (χ2n) is 5.65. The molecule has 0 saturated carbocycles. The van der Waals surface area contributed by atoms with Gasteiger partial charge in [0.1, 0.15) is 0 Å². The molecule has 126 valence electrons. The van der Waals surface area contributed by atoms with Crippen LogP contribution in [0.2, 0.25) is 0 Å². The number of carbonyl (C=O) groups is 2. The van der Waals surface area contributed by atoms with Gasteiger partial charge in [-0.1, -0.05) is 26.0 Å². The largest absolute Gasteiger partial charge is 0.348 e. The zero-order chi connectivity index (χ0) is 17.7. The average Bonchev–Trinajstić information content (AvgIpc) is 2.56. The topological polar surface area (TPSA) is 58.2 Å². The van der Waals surface area contributed by atoms with Gasteiger partial charge in [-0.25, -0.2) is 8.78 Å². The fourth-order valence-corrected chi connectivity index (χ4v) is 1.91. The maximum Gasteiger partial charge on any atom is 0.251 e. The normalized spacial score (nSPS) is 10.5. The maximum absolute atomic E-state index is 13.1. The lowest BCUT2D eigenvalue weighted by molar-refractivity contribution is -0.118. The summed E-state index contributed by atoms with van der Waals surface area (Å²) in [6.45, 7) is 3.84. The van der Waals surface area contributed by atoms with Crippen LogP contribution in [0.1, 0.15) is 29.8 Å². The Morgan fingerprint density at radius 2 is 1.67 bits per heavy atom. The van der Waals surface area contributed by atoms with E-state index >= 15 is 0 Å². The van der Waals surface area contributed by atoms with E-state index in [9.17, 15) is 18.4 Å². The maximum atomic E-state index is 13.1. The molecule has 0 unspecified atom stereocenters. The minimum Gasteiger partial charge on any atom is -0.348 e. The molecule has 24 heavy (non-hydrogen) atoms. The Labute approximate surface area is 138 Å². The highest BCUT2D eigenvalue weighted by atomic mass is 19.2. The standard InChI is InChI=1S/C18H18F2N2O2/c1-11(2)17(23)22-14-6-3-12(4-7-14)10-21-18(24)13-5-8-15(19)16(20)9-13/h3-9,11H,10H2,1-2H3,(H,21,24)(H,22,23). The van der Waals surface area contributed by atoms with E-state index in [1.165, 1.54) is 6.07 Å². The molecular formula is C18H18F2N2O2. The third-order valence-electron chi connectivity index (χ3n) is 3.38. The predicted octanol–water partition coefficient (Wildman–Crippen LogP) is 3.49. The van der Waals surface area contributed by atoms with Gasteiger partial charge in [0, 0.05) is 23.7 Å². The van der Waals surface area contributed by atoms with Crippen LogP contribution in [0.5, 0.6) is 0 Å². The monoisotopic (exact) mass is 332 g/mol. The molecule has 0 spiro atoms. The quantitative estimate of drug-likeness (QED) is 0.880. The summed E-state index contributed by atoms with van der Waals surface area (Å²) >= 11 is 0. The number of benzene rings is 2. The number of carbonyl (C=O) groups excluding carboxylic acids is 2. The number of anilines is 1. The van der Waals surface area contributed by atoms with Gasteiger partial charge in [0.2, 0.25) is 5.91 Å². The Balaban J connectivity index is 1.93. The third kappa shape index (κ3) is 4.62. The molecule has 0 aliphatic rings. The number of nitrogens with one attached hydrogen (secondary N) is 2. The van der Waals surface area contributed by atoms with E-state index in [1.54, 1.807) is 38.1 Å². The molecule has 4 nitrogen and oxygen atoms in total. The highest BCUT2D eigenvalue weighted by Gasteiger charge is 2.10. The molecule has 0 fully saturated rings. The molecule has 0 heterocycles. The molecule has 2 aromatic rings. The first-order valence-corrected chi connectivity index (χ1v) is 7.50. The third-order valence-corrected chi connectivity index (χ3v) is 3.38. The van der Waals surface area contributed by atoms with Crippen molar-refractivity contribution in [3.05, 3.63) is 65.2 Å². The first-order valence-electron chi connectivity index (χ1n) is 7.50. The van der Waals surface area contributed by atoms with Crippen LogP contribution in [0.4, 0.5) is 14.5 Å². The highest BCUT2D eigenvalue weighted by molar-refractivity contribution is 5.94. The SMILES string of the molecule is CC(C)C(=O)Nc1ccc(CNC(=O)c2ccc(F)c(F)c2)cc1. The zero-order valence-corrected chi connectivity index (χ0v) is 13.4. The molecule has 2 amide bonds. The summed E-state index contributed by atoms with van der Waals surface area (Å²) in [6.07, 6.45) is 0. The van der Waals surface area contributed by atoms with Crippen molar-refractivity contribution in [3.63, 3.8) is 0 Å². The molecule has 2 N–H and O–H groups in total. The Hall–Kier alpha value is -2.76. The summed E-state index contributed by atoms with van der Waals surface area (Å²) in [5.41, 5.74) is 1.53. The smallest absolute Gasteiger partial charge is 0.251 e. The minimum absolute atomic E-state index is 0.0507. The second-order valence-corrected chi connectivity index (χ2v) is 5.65. The fraction of sp³-hybridized carbons (Fsp3) is 0.222. The molecular weight excluding hydrogens is 314 g/mol. The number of hydrogen-bond acceptors (Lipinski definition) is 2. The fourth-order valence-electron chi connectivity index (χ4n) is 1.91. The molecule has 2 aromatic carbocycles. The second kappa shape index (κ2) is 7.68. The van der Waals surface area contributed by atoms with Crippen LogP contribution in [0.15, 0.2) is 42.5 Å². The molecule has 0 aliphatic heterocycles. The Bertz CT molecular complexity index is 743. The van der Waals surface area contributed by atoms with E-state index in [4.69, 9.17) is 0 Å². The van der Waals surface area contributed by atoms with Gasteiger partial charge in [0.25, 0.3) is 5.91 Å². The summed E-state index contributed by atoms with van der Waals surface area (Å²) in [5.74, 6) is -2.74. The summed E-state index contributed by atoms with van der Waals surface area (Å²) < 4.78 is 26.0. The van der Waals surface area contributed by atoms with Gasteiger partial charge in [0.05, 0.1) is 0 Å². The summed E-state index contributed by atoms with van der Waals surface area (Å²) in [4.78, 5) is 23.5. The first-order chi connectivity index (χ1) is 11.4. The zero-order valence-electron chi connectivity index (χ0n) is 13.4. The Morgan fingerprint density at radius 1 is 1.00 bits per heavy atom. The van der Waals surface area contributed by atoms with Gasteiger partial charge in [0.15, 0.2) is 11.6 Å². The van der Waals surface area contributed by atoms with Crippen molar-refractivity contribution >= 4 is 17.5 Å². The minimum atomic E-state index is -1.06. The molecule has 0 radical (unpaired) electrons. The van der Waals surface area contributed by atoms with Crippen LogP contribution in [0.3, 0.4) is 0 Å². The number of amides is 2. The molecule has 6 heteroatoms. The molecule has 0 atom stereocenters. The van der Waals surface area contributed by atoms with E-state index < -0.39 is 17.5 Å². The van der Waals surface area contributed by atoms with Crippen molar-refractivity contribution in [1.29, 1.82) is 0 Å². The summed E-state index contributed by atoms with van der Waals surface area (Å²) in [7, 11) is 0. The van der Waals surface area contributed by atoms with Crippen LogP contribution < -0.4 is 10.6 Å². The first kappa shape index (κ1) is 17.6. The Morgan fingerprint density at radius 3 is 2.25 bits per heavy atom. The van der Waals surface area contributed by atoms with Crippen molar-refractivity contribution < 1.29 is 18.4 Å². The van der Waals surface area contributed by atoms with Gasteiger partial charge in [-0.2, -0.15) is 0 Å². The summed E-state index contributed by atoms with van der Waals surface area (Å²) in [5, 5.41) is 5.39. The molecule has 0 bridgehead atoms. The molecule has 0 saturated heterocycles.